The number of hydrogen-bond acceptors (Lipinski definition) is 4. The van der Waals surface area contributed by atoms with Gasteiger partial charge in [-0.2, -0.15) is 30.4 Å². The molecule has 0 saturated heterocycles. The van der Waals surface area contributed by atoms with Crippen molar-refractivity contribution in [3.63, 3.8) is 0 Å². The molecule has 92 valence electrons. The highest BCUT2D eigenvalue weighted by Gasteiger charge is 2.68. The maximum atomic E-state index is 12.1. The van der Waals surface area contributed by atoms with E-state index in [1.54, 1.807) is 0 Å². The fraction of sp³-hybridized carbons (Fsp3) is 1.00. The van der Waals surface area contributed by atoms with Gasteiger partial charge in [0.2, 0.25) is 0 Å². The van der Waals surface area contributed by atoms with Gasteiger partial charge in [-0.1, -0.05) is 4.13 Å². The van der Waals surface area contributed by atoms with Crippen LogP contribution in [0.3, 0.4) is 0 Å². The van der Waals surface area contributed by atoms with Gasteiger partial charge >= 0.3 is 30.7 Å². The molecule has 0 saturated carbocycles. The lowest BCUT2D eigenvalue weighted by molar-refractivity contribution is -0.241. The Morgan fingerprint density at radius 2 is 1.27 bits per heavy atom. The van der Waals surface area contributed by atoms with E-state index in [-0.39, 0.29) is 4.13 Å². The molecule has 0 rings (SSSR count). The average molecular weight is 298 g/mol. The smallest absolute Gasteiger partial charge is 0.205 e. The highest BCUT2D eigenvalue weighted by molar-refractivity contribution is 8.19. The summed E-state index contributed by atoms with van der Waals surface area (Å²) in [4.78, 5) is 0. The quantitative estimate of drug-likeness (QED) is 0.609. The van der Waals surface area contributed by atoms with Gasteiger partial charge in [0.1, 0.15) is 0 Å². The molecular formula is C2HClF5NO4S2. The lowest BCUT2D eigenvalue weighted by Gasteiger charge is -2.18. The first-order valence-electron chi connectivity index (χ1n) is 2.63. The largest absolute Gasteiger partial charge is 0.471 e. The van der Waals surface area contributed by atoms with Gasteiger partial charge in [0, 0.05) is 10.7 Å². The molecule has 0 fully saturated rings. The zero-order chi connectivity index (χ0) is 12.7. The lowest BCUT2D eigenvalue weighted by atomic mass is 10.7. The van der Waals surface area contributed by atoms with Crippen molar-refractivity contribution < 1.29 is 38.8 Å². The molecule has 0 amide bonds. The van der Waals surface area contributed by atoms with E-state index >= 15 is 0 Å². The summed E-state index contributed by atoms with van der Waals surface area (Å²) in [6.07, 6.45) is -6.46. The van der Waals surface area contributed by atoms with Crippen LogP contribution in [0.15, 0.2) is 0 Å². The normalized spacial score (nSPS) is 15.3. The first kappa shape index (κ1) is 14.8. The number of alkyl halides is 5. The molecule has 0 bridgehead atoms. The Morgan fingerprint density at radius 3 is 1.47 bits per heavy atom. The van der Waals surface area contributed by atoms with E-state index in [0.717, 1.165) is 0 Å². The molecule has 0 spiro atoms. The molecule has 0 radical (unpaired) electrons. The number of sulfonamides is 1. The predicted molar refractivity (Wildman–Crippen MR) is 37.8 cm³/mol. The molecule has 15 heavy (non-hydrogen) atoms. The second-order valence-electron chi connectivity index (χ2n) is 2.04. The molecule has 0 aromatic carbocycles. The van der Waals surface area contributed by atoms with Gasteiger partial charge in [-0.3, -0.25) is 0 Å². The van der Waals surface area contributed by atoms with E-state index in [1.807, 2.05) is 0 Å². The van der Waals surface area contributed by atoms with Crippen LogP contribution in [-0.2, 0) is 19.3 Å². The maximum Gasteiger partial charge on any atom is 0.471 e. The molecule has 5 nitrogen and oxygen atoms in total. The zero-order valence-electron chi connectivity index (χ0n) is 6.22. The molecule has 0 atom stereocenters. The minimum absolute atomic E-state index is 0.0178. The Balaban J connectivity index is 5.43. The summed E-state index contributed by atoms with van der Waals surface area (Å²) in [7, 11) is -7.62. The van der Waals surface area contributed by atoms with E-state index < -0.39 is 30.7 Å². The number of halogens is 6. The third-order valence-electron chi connectivity index (χ3n) is 0.877. The van der Waals surface area contributed by atoms with Crippen LogP contribution >= 0.6 is 10.7 Å². The molecule has 0 aliphatic rings. The molecule has 13 heteroatoms. The van der Waals surface area contributed by atoms with Gasteiger partial charge in [0.25, 0.3) is 0 Å². The molecule has 0 aromatic heterocycles. The van der Waals surface area contributed by atoms with Crippen molar-refractivity contribution in [2.24, 2.45) is 0 Å². The summed E-state index contributed by atoms with van der Waals surface area (Å²) in [5.41, 5.74) is 0. The molecular weight excluding hydrogens is 297 g/mol. The van der Waals surface area contributed by atoms with Crippen LogP contribution < -0.4 is 4.13 Å². The zero-order valence-corrected chi connectivity index (χ0v) is 8.61. The second kappa shape index (κ2) is 3.68. The SMILES string of the molecule is O=S(=O)(Cl)NS(=O)(=O)C(F)(F)C(F)(F)F. The van der Waals surface area contributed by atoms with Gasteiger partial charge in [-0.05, 0) is 0 Å². The third-order valence-corrected chi connectivity index (χ3v) is 4.02. The molecule has 0 aliphatic carbocycles. The van der Waals surface area contributed by atoms with Crippen LogP contribution in [0, 0.1) is 0 Å². The van der Waals surface area contributed by atoms with Gasteiger partial charge in [0.15, 0.2) is 0 Å². The highest BCUT2D eigenvalue weighted by atomic mass is 35.7. The Bertz CT molecular complexity index is 436. The van der Waals surface area contributed by atoms with Crippen molar-refractivity contribution in [2.75, 3.05) is 0 Å². The summed E-state index contributed by atoms with van der Waals surface area (Å²) in [6.45, 7) is 0. The van der Waals surface area contributed by atoms with E-state index in [4.69, 9.17) is 0 Å². The topological polar surface area (TPSA) is 80.3 Å². The molecule has 0 heterocycles. The Kier molecular flexibility index (Phi) is 3.63. The number of hydrogen-bond donors (Lipinski definition) is 1. The first-order chi connectivity index (χ1) is 6.21. The van der Waals surface area contributed by atoms with Crippen LogP contribution in [0.4, 0.5) is 22.0 Å². The second-order valence-corrected chi connectivity index (χ2v) is 6.32. The minimum atomic E-state index is -6.50. The number of rotatable bonds is 3. The van der Waals surface area contributed by atoms with Crippen molar-refractivity contribution >= 4 is 29.9 Å². The number of nitrogens with one attached hydrogen (secondary N) is 1. The van der Waals surface area contributed by atoms with Gasteiger partial charge in [0.05, 0.1) is 0 Å². The summed E-state index contributed by atoms with van der Waals surface area (Å²) in [6, 6.07) is 0. The first-order valence-corrected chi connectivity index (χ1v) is 6.42. The van der Waals surface area contributed by atoms with Crippen LogP contribution in [0.1, 0.15) is 0 Å². The van der Waals surface area contributed by atoms with Crippen molar-refractivity contribution in [1.29, 1.82) is 0 Å². The van der Waals surface area contributed by atoms with E-state index in [9.17, 15) is 38.8 Å². The van der Waals surface area contributed by atoms with Gasteiger partial charge < -0.3 is 0 Å². The van der Waals surface area contributed by atoms with E-state index in [0.29, 0.717) is 0 Å². The van der Waals surface area contributed by atoms with E-state index in [2.05, 4.69) is 10.7 Å². The fourth-order valence-electron chi connectivity index (χ4n) is 0.336. The summed E-state index contributed by atoms with van der Waals surface area (Å²) >= 11 is 0. The van der Waals surface area contributed by atoms with Crippen molar-refractivity contribution in [3.8, 4) is 0 Å². The lowest BCUT2D eigenvalue weighted by Crippen LogP contribution is -2.50. The highest BCUT2D eigenvalue weighted by Crippen LogP contribution is 2.39. The molecule has 0 unspecified atom stereocenters. The van der Waals surface area contributed by atoms with Crippen LogP contribution in [0.5, 0.6) is 0 Å². The van der Waals surface area contributed by atoms with Crippen molar-refractivity contribution in [1.82, 2.24) is 4.13 Å². The Hall–Kier alpha value is -0.200. The standard InChI is InChI=1S/C2HClF5NO4S2/c3-15(12,13)9-14(10,11)2(7,8)1(4,5)6/h9H. The average Bonchev–Trinajstić information content (AvgIpc) is 1.77. The summed E-state index contributed by atoms with van der Waals surface area (Å²) in [5.74, 6) is 0. The molecule has 1 N–H and O–H groups in total. The van der Waals surface area contributed by atoms with Crippen molar-refractivity contribution in [2.45, 2.75) is 11.4 Å². The Labute approximate surface area is 84.8 Å². The molecule has 0 aromatic rings. The monoisotopic (exact) mass is 297 g/mol. The third kappa shape index (κ3) is 3.39. The van der Waals surface area contributed by atoms with Gasteiger partial charge in [-0.15, -0.1) is 0 Å². The minimum Gasteiger partial charge on any atom is -0.205 e. The van der Waals surface area contributed by atoms with Crippen molar-refractivity contribution in [3.05, 3.63) is 0 Å². The predicted octanol–water partition coefficient (Wildman–Crippen LogP) is 0.545. The summed E-state index contributed by atoms with van der Waals surface area (Å²) in [5, 5.41) is -6.26. The van der Waals surface area contributed by atoms with Crippen LogP contribution in [0.2, 0.25) is 0 Å². The molecule has 0 aliphatic heterocycles. The van der Waals surface area contributed by atoms with Crippen LogP contribution in [0.25, 0.3) is 0 Å². The van der Waals surface area contributed by atoms with E-state index in [1.165, 1.54) is 0 Å². The maximum absolute atomic E-state index is 12.1. The van der Waals surface area contributed by atoms with Gasteiger partial charge in [-0.25, -0.2) is 8.42 Å². The fourth-order valence-corrected chi connectivity index (χ4v) is 2.85. The Morgan fingerprint density at radius 1 is 0.933 bits per heavy atom. The summed E-state index contributed by atoms with van der Waals surface area (Å²) < 4.78 is 99.3. The van der Waals surface area contributed by atoms with Crippen LogP contribution in [-0.4, -0.2) is 28.3 Å².